The Bertz CT molecular complexity index is 1830. The number of carboxylic acid groups (broad SMARTS) is 1. The Kier molecular flexibility index (Phi) is 10.6. The molecule has 232 valence electrons. The van der Waals surface area contributed by atoms with Crippen molar-refractivity contribution in [2.45, 2.75) is 18.9 Å². The highest BCUT2D eigenvalue weighted by molar-refractivity contribution is 9.10. The molecule has 0 aliphatic heterocycles. The molecular formula is C37H30BrFN2O5. The zero-order valence-corrected chi connectivity index (χ0v) is 26.2. The maximum absolute atomic E-state index is 13.5. The number of ether oxygens (including phenoxy) is 1. The molecule has 9 heteroatoms. The quantitative estimate of drug-likeness (QED) is 0.125. The highest BCUT2D eigenvalue weighted by Crippen LogP contribution is 2.29. The molecule has 0 fully saturated rings. The fourth-order valence-corrected chi connectivity index (χ4v) is 5.44. The van der Waals surface area contributed by atoms with E-state index in [0.29, 0.717) is 28.6 Å². The number of halogens is 2. The van der Waals surface area contributed by atoms with E-state index in [4.69, 9.17) is 4.74 Å². The van der Waals surface area contributed by atoms with Gasteiger partial charge in [0, 0.05) is 16.6 Å². The van der Waals surface area contributed by atoms with Gasteiger partial charge in [-0.05, 0) is 95.3 Å². The van der Waals surface area contributed by atoms with E-state index >= 15 is 0 Å². The van der Waals surface area contributed by atoms with Crippen molar-refractivity contribution in [2.24, 2.45) is 0 Å². The number of carbonyl (C=O) groups excluding carboxylic acids is 2. The molecular weight excluding hydrogens is 651 g/mol. The van der Waals surface area contributed by atoms with E-state index in [9.17, 15) is 23.9 Å². The Morgan fingerprint density at radius 2 is 1.50 bits per heavy atom. The fourth-order valence-electron chi connectivity index (χ4n) is 4.89. The van der Waals surface area contributed by atoms with Crippen LogP contribution in [-0.4, -0.2) is 29.4 Å². The van der Waals surface area contributed by atoms with E-state index in [1.54, 1.807) is 42.5 Å². The zero-order chi connectivity index (χ0) is 32.5. The number of hydrogen-bond acceptors (Lipinski definition) is 4. The summed E-state index contributed by atoms with van der Waals surface area (Å²) in [5.41, 5.74) is 4.50. The summed E-state index contributed by atoms with van der Waals surface area (Å²) < 4.78 is 19.9. The molecule has 0 spiro atoms. The molecule has 0 aromatic heterocycles. The molecule has 5 aromatic carbocycles. The number of carboxylic acids is 1. The lowest BCUT2D eigenvalue weighted by Gasteiger charge is -2.20. The summed E-state index contributed by atoms with van der Waals surface area (Å²) in [6.45, 7) is 0.435. The summed E-state index contributed by atoms with van der Waals surface area (Å²) in [6.07, 6.45) is 0.886. The van der Waals surface area contributed by atoms with Crippen LogP contribution < -0.4 is 15.4 Å². The van der Waals surface area contributed by atoms with E-state index in [-0.39, 0.29) is 18.1 Å². The van der Waals surface area contributed by atoms with Gasteiger partial charge in [-0.2, -0.15) is 0 Å². The monoisotopic (exact) mass is 680 g/mol. The van der Waals surface area contributed by atoms with E-state index in [0.717, 1.165) is 33.8 Å². The summed E-state index contributed by atoms with van der Waals surface area (Å²) >= 11 is 3.55. The highest BCUT2D eigenvalue weighted by atomic mass is 79.9. The number of nitrogens with one attached hydrogen (secondary N) is 2. The number of para-hydroxylation sites is 1. The van der Waals surface area contributed by atoms with Gasteiger partial charge in [0.2, 0.25) is 0 Å². The molecule has 5 rings (SSSR count). The first-order valence-electron chi connectivity index (χ1n) is 14.5. The van der Waals surface area contributed by atoms with Crippen molar-refractivity contribution in [1.29, 1.82) is 0 Å². The van der Waals surface area contributed by atoms with Crippen LogP contribution in [0.5, 0.6) is 11.5 Å². The summed E-state index contributed by atoms with van der Waals surface area (Å²) in [7, 11) is 0. The third-order valence-electron chi connectivity index (χ3n) is 7.31. The van der Waals surface area contributed by atoms with Crippen molar-refractivity contribution >= 4 is 33.7 Å². The summed E-state index contributed by atoms with van der Waals surface area (Å²) in [4.78, 5) is 36.5. The lowest BCUT2D eigenvalue weighted by atomic mass is 9.94. The lowest BCUT2D eigenvalue weighted by Crippen LogP contribution is -2.35. The van der Waals surface area contributed by atoms with Crippen molar-refractivity contribution in [2.75, 3.05) is 6.54 Å². The molecule has 2 amide bonds. The first-order valence-corrected chi connectivity index (χ1v) is 15.3. The minimum Gasteiger partial charge on any atom is -0.474 e. The SMILES string of the molecule is O=C(O)C(=O)NC(Cc1ccc(C(=O)NCCc2ccc(Oc3ccccc3)cc2)cc1Br)c1cccc(-c2ccc(F)cc2)c1. The average molecular weight is 682 g/mol. The van der Waals surface area contributed by atoms with Crippen LogP contribution in [0.1, 0.15) is 33.1 Å². The third kappa shape index (κ3) is 8.67. The van der Waals surface area contributed by atoms with Crippen LogP contribution in [-0.2, 0) is 22.4 Å². The Labute approximate surface area is 274 Å². The number of hydrogen-bond donors (Lipinski definition) is 3. The van der Waals surface area contributed by atoms with Crippen LogP contribution in [0.25, 0.3) is 11.1 Å². The largest absolute Gasteiger partial charge is 0.474 e. The molecule has 0 aliphatic rings. The maximum Gasteiger partial charge on any atom is 0.394 e. The molecule has 5 aromatic rings. The van der Waals surface area contributed by atoms with Crippen LogP contribution in [0, 0.1) is 5.82 Å². The predicted octanol–water partition coefficient (Wildman–Crippen LogP) is 7.50. The topological polar surface area (TPSA) is 105 Å². The highest BCUT2D eigenvalue weighted by Gasteiger charge is 2.21. The second kappa shape index (κ2) is 15.1. The normalized spacial score (nSPS) is 11.3. The van der Waals surface area contributed by atoms with Gasteiger partial charge in [0.05, 0.1) is 6.04 Å². The van der Waals surface area contributed by atoms with Crippen molar-refractivity contribution in [3.05, 3.63) is 154 Å². The third-order valence-corrected chi connectivity index (χ3v) is 8.05. The zero-order valence-electron chi connectivity index (χ0n) is 24.6. The van der Waals surface area contributed by atoms with Crippen LogP contribution in [0.15, 0.2) is 126 Å². The Balaban J connectivity index is 1.22. The predicted molar refractivity (Wildman–Crippen MR) is 177 cm³/mol. The molecule has 7 nitrogen and oxygen atoms in total. The summed E-state index contributed by atoms with van der Waals surface area (Å²) in [6, 6.07) is 35.0. The van der Waals surface area contributed by atoms with Crippen molar-refractivity contribution < 1.29 is 28.6 Å². The van der Waals surface area contributed by atoms with Crippen molar-refractivity contribution in [1.82, 2.24) is 10.6 Å². The Morgan fingerprint density at radius 1 is 0.783 bits per heavy atom. The number of aliphatic carboxylic acids is 1. The van der Waals surface area contributed by atoms with Crippen LogP contribution >= 0.6 is 15.9 Å². The molecule has 0 radical (unpaired) electrons. The number of rotatable bonds is 11. The molecule has 0 aliphatic carbocycles. The van der Waals surface area contributed by atoms with Gasteiger partial charge in [0.15, 0.2) is 0 Å². The molecule has 0 saturated carbocycles. The second-order valence-corrected chi connectivity index (χ2v) is 11.4. The smallest absolute Gasteiger partial charge is 0.394 e. The number of carbonyl (C=O) groups is 3. The van der Waals surface area contributed by atoms with E-state index in [2.05, 4.69) is 26.6 Å². The second-order valence-electron chi connectivity index (χ2n) is 10.5. The molecule has 0 saturated heterocycles. The number of amides is 2. The minimum atomic E-state index is -1.60. The Morgan fingerprint density at radius 3 is 2.20 bits per heavy atom. The van der Waals surface area contributed by atoms with Crippen molar-refractivity contribution in [3.63, 3.8) is 0 Å². The molecule has 1 atom stereocenters. The molecule has 3 N–H and O–H groups in total. The van der Waals surface area contributed by atoms with Gasteiger partial charge in [-0.3, -0.25) is 9.59 Å². The van der Waals surface area contributed by atoms with Crippen LogP contribution in [0.2, 0.25) is 0 Å². The minimum absolute atomic E-state index is 0.237. The van der Waals surface area contributed by atoms with Gasteiger partial charge in [-0.25, -0.2) is 9.18 Å². The molecule has 0 heterocycles. The first kappa shape index (κ1) is 32.1. The molecule has 46 heavy (non-hydrogen) atoms. The van der Waals surface area contributed by atoms with E-state index in [1.165, 1.54) is 12.1 Å². The van der Waals surface area contributed by atoms with Gasteiger partial charge < -0.3 is 20.5 Å². The summed E-state index contributed by atoms with van der Waals surface area (Å²) in [5, 5.41) is 14.8. The van der Waals surface area contributed by atoms with Crippen molar-refractivity contribution in [3.8, 4) is 22.6 Å². The first-order chi connectivity index (χ1) is 22.2. The van der Waals surface area contributed by atoms with Gasteiger partial charge in [0.1, 0.15) is 17.3 Å². The molecule has 1 unspecified atom stereocenters. The van der Waals surface area contributed by atoms with Gasteiger partial charge >= 0.3 is 11.9 Å². The maximum atomic E-state index is 13.5. The molecule has 0 bridgehead atoms. The Hall–Kier alpha value is -5.28. The van der Waals surface area contributed by atoms with Crippen LogP contribution in [0.4, 0.5) is 4.39 Å². The van der Waals surface area contributed by atoms with E-state index < -0.39 is 17.9 Å². The van der Waals surface area contributed by atoms with E-state index in [1.807, 2.05) is 66.7 Å². The number of benzene rings is 5. The van der Waals surface area contributed by atoms with Gasteiger partial charge in [-0.1, -0.05) is 82.7 Å². The van der Waals surface area contributed by atoms with Gasteiger partial charge in [0.25, 0.3) is 5.91 Å². The average Bonchev–Trinajstić information content (AvgIpc) is 3.06. The fraction of sp³-hybridized carbons (Fsp3) is 0.108. The summed E-state index contributed by atoms with van der Waals surface area (Å²) in [5.74, 6) is -1.83. The van der Waals surface area contributed by atoms with Gasteiger partial charge in [-0.15, -0.1) is 0 Å². The standard InChI is InChI=1S/C37H30BrFN2O5/c38-33-22-29(35(42)40-20-19-24-9-17-32(18-10-24)46-31-7-2-1-3-8-31)12-11-27(33)23-34(41-36(43)37(44)45)28-6-4-5-26(21-28)25-13-15-30(39)16-14-25/h1-18,21-22,34H,19-20,23H2,(H,40,42)(H,41,43)(H,44,45). The lowest BCUT2D eigenvalue weighted by molar-refractivity contribution is -0.150. The van der Waals surface area contributed by atoms with Crippen LogP contribution in [0.3, 0.4) is 0 Å².